The second kappa shape index (κ2) is 7.23. The molecule has 4 heteroatoms. The van der Waals surface area contributed by atoms with Crippen LogP contribution in [0.5, 0.6) is 0 Å². The summed E-state index contributed by atoms with van der Waals surface area (Å²) in [5.74, 6) is 0.0745. The first kappa shape index (κ1) is 17.3. The maximum Gasteiger partial charge on any atom is 0.254 e. The number of nitrogens with zero attached hydrogens (tertiary/aromatic N) is 2. The zero-order valence-electron chi connectivity index (χ0n) is 15.4. The molecule has 1 heterocycles. The summed E-state index contributed by atoms with van der Waals surface area (Å²) in [4.78, 5) is 29.4. The van der Waals surface area contributed by atoms with Gasteiger partial charge in [0, 0.05) is 37.3 Å². The van der Waals surface area contributed by atoms with Crippen LogP contribution in [-0.4, -0.2) is 47.8 Å². The summed E-state index contributed by atoms with van der Waals surface area (Å²) < 4.78 is 0. The van der Waals surface area contributed by atoms with Crippen LogP contribution in [0.25, 0.3) is 10.8 Å². The van der Waals surface area contributed by atoms with E-state index in [2.05, 4.69) is 0 Å². The molecule has 0 aromatic heterocycles. The summed E-state index contributed by atoms with van der Waals surface area (Å²) in [5, 5.41) is 2.04. The van der Waals surface area contributed by atoms with E-state index >= 15 is 0 Å². The number of fused-ring (bicyclic) bond motifs is 1. The first-order valence-corrected chi connectivity index (χ1v) is 9.26. The van der Waals surface area contributed by atoms with Crippen LogP contribution in [0.2, 0.25) is 0 Å². The van der Waals surface area contributed by atoms with E-state index in [0.29, 0.717) is 31.7 Å². The van der Waals surface area contributed by atoms with Gasteiger partial charge in [0.2, 0.25) is 0 Å². The number of rotatable bonds is 2. The molecule has 0 aliphatic carbocycles. The molecule has 1 fully saturated rings. The highest BCUT2D eigenvalue weighted by Crippen LogP contribution is 2.21. The fraction of sp³-hybridized carbons (Fsp3) is 0.217. The first-order chi connectivity index (χ1) is 13.1. The molecule has 0 radical (unpaired) electrons. The van der Waals surface area contributed by atoms with Crippen molar-refractivity contribution in [3.05, 3.63) is 83.4 Å². The normalized spacial score (nSPS) is 14.4. The standard InChI is InChI=1S/C23H22N2O2/c1-17-6-4-9-19(16-17)22(26)24-12-14-25(15-13-24)23(27)21-11-5-8-18-7-2-3-10-20(18)21/h2-11,16H,12-15H2,1H3. The van der Waals surface area contributed by atoms with Gasteiger partial charge in [-0.3, -0.25) is 9.59 Å². The third-order valence-electron chi connectivity index (χ3n) is 5.14. The predicted molar refractivity (Wildman–Crippen MR) is 107 cm³/mol. The van der Waals surface area contributed by atoms with Gasteiger partial charge >= 0.3 is 0 Å². The molecule has 1 aliphatic heterocycles. The van der Waals surface area contributed by atoms with E-state index in [9.17, 15) is 9.59 Å². The highest BCUT2D eigenvalue weighted by Gasteiger charge is 2.26. The van der Waals surface area contributed by atoms with Gasteiger partial charge in [0.1, 0.15) is 0 Å². The SMILES string of the molecule is Cc1cccc(C(=O)N2CCN(C(=O)c3cccc4ccccc34)CC2)c1. The molecule has 2 amide bonds. The molecule has 1 saturated heterocycles. The summed E-state index contributed by atoms with van der Waals surface area (Å²) in [6.45, 7) is 4.21. The highest BCUT2D eigenvalue weighted by atomic mass is 16.2. The average molecular weight is 358 g/mol. The highest BCUT2D eigenvalue weighted by molar-refractivity contribution is 6.07. The minimum Gasteiger partial charge on any atom is -0.335 e. The number of amides is 2. The van der Waals surface area contributed by atoms with E-state index in [1.165, 1.54) is 0 Å². The molecular weight excluding hydrogens is 336 g/mol. The Balaban J connectivity index is 1.47. The van der Waals surface area contributed by atoms with Gasteiger partial charge in [-0.05, 0) is 35.9 Å². The Morgan fingerprint density at radius 1 is 0.741 bits per heavy atom. The maximum absolute atomic E-state index is 13.0. The van der Waals surface area contributed by atoms with Crippen molar-refractivity contribution in [3.8, 4) is 0 Å². The number of hydrogen-bond donors (Lipinski definition) is 0. The second-order valence-electron chi connectivity index (χ2n) is 6.98. The van der Waals surface area contributed by atoms with Crippen molar-refractivity contribution >= 4 is 22.6 Å². The number of piperazine rings is 1. The van der Waals surface area contributed by atoms with Crippen LogP contribution in [0.15, 0.2) is 66.7 Å². The Morgan fingerprint density at radius 2 is 1.37 bits per heavy atom. The number of benzene rings is 3. The lowest BCUT2D eigenvalue weighted by Crippen LogP contribution is -2.50. The van der Waals surface area contributed by atoms with Crippen LogP contribution in [-0.2, 0) is 0 Å². The maximum atomic E-state index is 13.0. The molecule has 1 aliphatic rings. The molecule has 0 saturated carbocycles. The monoisotopic (exact) mass is 358 g/mol. The summed E-state index contributed by atoms with van der Waals surface area (Å²) in [6.07, 6.45) is 0. The molecule has 0 spiro atoms. The fourth-order valence-corrected chi connectivity index (χ4v) is 3.66. The Bertz CT molecular complexity index is 999. The van der Waals surface area contributed by atoms with E-state index in [0.717, 1.165) is 21.9 Å². The largest absolute Gasteiger partial charge is 0.335 e. The van der Waals surface area contributed by atoms with Crippen LogP contribution in [0.3, 0.4) is 0 Å². The third-order valence-corrected chi connectivity index (χ3v) is 5.14. The van der Waals surface area contributed by atoms with Crippen molar-refractivity contribution in [2.24, 2.45) is 0 Å². The molecule has 3 aromatic rings. The number of aryl methyl sites for hydroxylation is 1. The van der Waals surface area contributed by atoms with E-state index in [1.807, 2.05) is 83.5 Å². The van der Waals surface area contributed by atoms with Crippen molar-refractivity contribution in [3.63, 3.8) is 0 Å². The fourth-order valence-electron chi connectivity index (χ4n) is 3.66. The Morgan fingerprint density at radius 3 is 2.11 bits per heavy atom. The lowest BCUT2D eigenvalue weighted by atomic mass is 10.0. The molecule has 0 unspecified atom stereocenters. The molecule has 4 nitrogen and oxygen atoms in total. The quantitative estimate of drug-likeness (QED) is 0.700. The molecule has 0 N–H and O–H groups in total. The van der Waals surface area contributed by atoms with Crippen molar-refractivity contribution in [2.45, 2.75) is 6.92 Å². The average Bonchev–Trinajstić information content (AvgIpc) is 2.72. The molecule has 27 heavy (non-hydrogen) atoms. The topological polar surface area (TPSA) is 40.6 Å². The lowest BCUT2D eigenvalue weighted by molar-refractivity contribution is 0.0536. The van der Waals surface area contributed by atoms with Gasteiger partial charge in [-0.25, -0.2) is 0 Å². The number of carbonyl (C=O) groups is 2. The van der Waals surface area contributed by atoms with E-state index in [4.69, 9.17) is 0 Å². The number of carbonyl (C=O) groups excluding carboxylic acids is 2. The van der Waals surface area contributed by atoms with Crippen LogP contribution in [0.4, 0.5) is 0 Å². The molecule has 0 bridgehead atoms. The summed E-state index contributed by atoms with van der Waals surface area (Å²) in [6, 6.07) is 21.4. The van der Waals surface area contributed by atoms with Crippen LogP contribution in [0, 0.1) is 6.92 Å². The molecule has 136 valence electrons. The zero-order valence-corrected chi connectivity index (χ0v) is 15.4. The summed E-state index contributed by atoms with van der Waals surface area (Å²) >= 11 is 0. The van der Waals surface area contributed by atoms with E-state index in [1.54, 1.807) is 0 Å². The molecular formula is C23H22N2O2. The third kappa shape index (κ3) is 3.43. The van der Waals surface area contributed by atoms with Crippen molar-refractivity contribution in [1.82, 2.24) is 9.80 Å². The first-order valence-electron chi connectivity index (χ1n) is 9.26. The number of hydrogen-bond acceptors (Lipinski definition) is 2. The Kier molecular flexibility index (Phi) is 4.63. The summed E-state index contributed by atoms with van der Waals surface area (Å²) in [7, 11) is 0. The summed E-state index contributed by atoms with van der Waals surface area (Å²) in [5.41, 5.74) is 2.51. The predicted octanol–water partition coefficient (Wildman–Crippen LogP) is 3.75. The van der Waals surface area contributed by atoms with E-state index in [-0.39, 0.29) is 11.8 Å². The Hall–Kier alpha value is -3.14. The van der Waals surface area contributed by atoms with Crippen molar-refractivity contribution in [1.29, 1.82) is 0 Å². The molecule has 4 rings (SSSR count). The minimum atomic E-state index is 0.0365. The van der Waals surface area contributed by atoms with Crippen LogP contribution < -0.4 is 0 Å². The van der Waals surface area contributed by atoms with Crippen LogP contribution in [0.1, 0.15) is 26.3 Å². The van der Waals surface area contributed by atoms with Gasteiger partial charge < -0.3 is 9.80 Å². The van der Waals surface area contributed by atoms with Gasteiger partial charge in [0.15, 0.2) is 0 Å². The minimum absolute atomic E-state index is 0.0365. The van der Waals surface area contributed by atoms with Gasteiger partial charge in [-0.1, -0.05) is 54.1 Å². The van der Waals surface area contributed by atoms with Crippen LogP contribution >= 0.6 is 0 Å². The lowest BCUT2D eigenvalue weighted by Gasteiger charge is -2.35. The van der Waals surface area contributed by atoms with Crippen molar-refractivity contribution < 1.29 is 9.59 Å². The zero-order chi connectivity index (χ0) is 18.8. The van der Waals surface area contributed by atoms with Gasteiger partial charge in [-0.2, -0.15) is 0 Å². The van der Waals surface area contributed by atoms with E-state index < -0.39 is 0 Å². The molecule has 3 aromatic carbocycles. The molecule has 0 atom stereocenters. The van der Waals surface area contributed by atoms with Gasteiger partial charge in [0.25, 0.3) is 11.8 Å². The Labute approximate surface area is 159 Å². The smallest absolute Gasteiger partial charge is 0.254 e. The van der Waals surface area contributed by atoms with Crippen molar-refractivity contribution in [2.75, 3.05) is 26.2 Å². The van der Waals surface area contributed by atoms with Gasteiger partial charge in [-0.15, -0.1) is 0 Å². The van der Waals surface area contributed by atoms with Gasteiger partial charge in [0.05, 0.1) is 0 Å². The second-order valence-corrected chi connectivity index (χ2v) is 6.98.